The first-order chi connectivity index (χ1) is 14.7. The zero-order valence-electron chi connectivity index (χ0n) is 17.6. The maximum atomic E-state index is 12.5. The molecule has 0 saturated carbocycles. The molecule has 1 fully saturated rings. The third kappa shape index (κ3) is 5.71. The second-order valence-electron chi connectivity index (χ2n) is 7.57. The van der Waals surface area contributed by atoms with E-state index < -0.39 is 18.8 Å². The highest BCUT2D eigenvalue weighted by Gasteiger charge is 2.38. The predicted molar refractivity (Wildman–Crippen MR) is 114 cm³/mol. The van der Waals surface area contributed by atoms with Crippen LogP contribution in [-0.2, 0) is 6.54 Å². The number of aliphatic hydroxyl groups is 1. The van der Waals surface area contributed by atoms with Gasteiger partial charge < -0.3 is 10.0 Å². The van der Waals surface area contributed by atoms with Crippen molar-refractivity contribution in [3.63, 3.8) is 0 Å². The zero-order chi connectivity index (χ0) is 22.6. The molecule has 1 aliphatic rings. The van der Waals surface area contributed by atoms with Gasteiger partial charge in [-0.3, -0.25) is 9.58 Å². The van der Waals surface area contributed by atoms with Crippen LogP contribution in [0.2, 0.25) is 0 Å². The van der Waals surface area contributed by atoms with Crippen molar-refractivity contribution in [2.75, 3.05) is 31.1 Å². The molecule has 2 aromatic rings. The average Bonchev–Trinajstić information content (AvgIpc) is 3.20. The highest BCUT2D eigenvalue weighted by Crippen LogP contribution is 2.26. The zero-order valence-corrected chi connectivity index (χ0v) is 17.6. The summed E-state index contributed by atoms with van der Waals surface area (Å²) >= 11 is 0. The summed E-state index contributed by atoms with van der Waals surface area (Å²) in [5, 5.41) is 13.2. The van der Waals surface area contributed by atoms with Gasteiger partial charge in [0.1, 0.15) is 0 Å². The molecule has 1 N–H and O–H groups in total. The molecule has 0 radical (unpaired) electrons. The van der Waals surface area contributed by atoms with E-state index in [1.165, 1.54) is 6.20 Å². The number of alkyl halides is 3. The summed E-state index contributed by atoms with van der Waals surface area (Å²) in [4.78, 5) is 13.4. The van der Waals surface area contributed by atoms with Crippen molar-refractivity contribution in [2.24, 2.45) is 4.99 Å². The molecule has 0 aliphatic carbocycles. The van der Waals surface area contributed by atoms with Gasteiger partial charge in [-0.05, 0) is 25.5 Å². The Bertz CT molecular complexity index is 918. The maximum Gasteiger partial charge on any atom is 0.416 e. The number of aryl methyl sites for hydroxylation is 1. The van der Waals surface area contributed by atoms with E-state index in [0.29, 0.717) is 18.9 Å². The standard InChI is InChI=1S/C21H27F3N6O/c1-4-7-25-20-15(2)5-6-18(27-20)16(3)28-8-10-29(11-9-28)17-12-26-30(13-17)14-19(31)21(22,23)24/h4-7,12-13,16,19,31H,1,8-11,14H2,2-3H3/t16-,19?/m0/s1. The Labute approximate surface area is 179 Å². The fraction of sp³-hybridized carbons (Fsp3) is 0.476. The number of piperazine rings is 1. The summed E-state index contributed by atoms with van der Waals surface area (Å²) < 4.78 is 38.7. The molecular formula is C21H27F3N6O. The van der Waals surface area contributed by atoms with Crippen LogP contribution in [0.5, 0.6) is 0 Å². The van der Waals surface area contributed by atoms with Gasteiger partial charge in [0.05, 0.1) is 24.1 Å². The highest BCUT2D eigenvalue weighted by atomic mass is 19.4. The lowest BCUT2D eigenvalue weighted by molar-refractivity contribution is -0.208. The Morgan fingerprint density at radius 2 is 1.97 bits per heavy atom. The Balaban J connectivity index is 1.60. The summed E-state index contributed by atoms with van der Waals surface area (Å²) in [6.07, 6.45) is -0.777. The van der Waals surface area contributed by atoms with Crippen LogP contribution in [0.3, 0.4) is 0 Å². The first-order valence-electron chi connectivity index (χ1n) is 10.1. The van der Waals surface area contributed by atoms with Gasteiger partial charge in [-0.2, -0.15) is 18.3 Å². The quantitative estimate of drug-likeness (QED) is 0.675. The van der Waals surface area contributed by atoms with E-state index in [1.807, 2.05) is 19.1 Å². The van der Waals surface area contributed by atoms with Crippen molar-refractivity contribution in [3.8, 4) is 0 Å². The van der Waals surface area contributed by atoms with Crippen LogP contribution in [0.15, 0.2) is 42.2 Å². The Morgan fingerprint density at radius 3 is 2.61 bits per heavy atom. The van der Waals surface area contributed by atoms with Crippen molar-refractivity contribution in [1.29, 1.82) is 0 Å². The van der Waals surface area contributed by atoms with Crippen LogP contribution in [0.1, 0.15) is 24.2 Å². The van der Waals surface area contributed by atoms with Crippen molar-refractivity contribution in [3.05, 3.63) is 48.4 Å². The molecule has 168 valence electrons. The largest absolute Gasteiger partial charge is 0.416 e. The lowest BCUT2D eigenvalue weighted by Gasteiger charge is -2.38. The molecular weight excluding hydrogens is 409 g/mol. The molecule has 0 aromatic carbocycles. The molecule has 0 bridgehead atoms. The average molecular weight is 436 g/mol. The van der Waals surface area contributed by atoms with Crippen molar-refractivity contribution >= 4 is 17.7 Å². The van der Waals surface area contributed by atoms with E-state index in [-0.39, 0.29) is 6.04 Å². The van der Waals surface area contributed by atoms with Crippen molar-refractivity contribution < 1.29 is 18.3 Å². The third-order valence-electron chi connectivity index (χ3n) is 5.41. The van der Waals surface area contributed by atoms with E-state index in [9.17, 15) is 18.3 Å². The SMILES string of the molecule is C=CC=Nc1nc([C@H](C)N2CCN(c3cnn(CC(O)C(F)(F)F)c3)CC2)ccc1C. The minimum absolute atomic E-state index is 0.102. The molecule has 2 aromatic heterocycles. The predicted octanol–water partition coefficient (Wildman–Crippen LogP) is 3.28. The molecule has 31 heavy (non-hydrogen) atoms. The number of aliphatic hydroxyl groups excluding tert-OH is 1. The number of hydrogen-bond acceptors (Lipinski definition) is 6. The van der Waals surface area contributed by atoms with Gasteiger partial charge >= 0.3 is 6.18 Å². The molecule has 2 atom stereocenters. The molecule has 3 heterocycles. The van der Waals surface area contributed by atoms with Crippen molar-refractivity contribution in [2.45, 2.75) is 38.7 Å². The van der Waals surface area contributed by atoms with Crippen LogP contribution >= 0.6 is 0 Å². The maximum absolute atomic E-state index is 12.5. The van der Waals surface area contributed by atoms with Gasteiger partial charge in [-0.15, -0.1) is 0 Å². The second-order valence-corrected chi connectivity index (χ2v) is 7.57. The number of allylic oxidation sites excluding steroid dienone is 1. The van der Waals surface area contributed by atoms with Gasteiger partial charge in [0.25, 0.3) is 0 Å². The molecule has 1 aliphatic heterocycles. The normalized spacial score (nSPS) is 17.8. The highest BCUT2D eigenvalue weighted by molar-refractivity contribution is 5.73. The fourth-order valence-electron chi connectivity index (χ4n) is 3.47. The van der Waals surface area contributed by atoms with Gasteiger partial charge in [-0.25, -0.2) is 9.98 Å². The number of hydrogen-bond donors (Lipinski definition) is 1. The Kier molecular flexibility index (Phi) is 7.11. The third-order valence-corrected chi connectivity index (χ3v) is 5.41. The lowest BCUT2D eigenvalue weighted by atomic mass is 10.1. The monoisotopic (exact) mass is 436 g/mol. The summed E-state index contributed by atoms with van der Waals surface area (Å²) in [6, 6.07) is 4.12. The number of halogens is 3. The molecule has 0 spiro atoms. The molecule has 1 saturated heterocycles. The smallest absolute Gasteiger partial charge is 0.382 e. The lowest BCUT2D eigenvalue weighted by Crippen LogP contribution is -2.47. The Hall–Kier alpha value is -2.72. The molecule has 1 unspecified atom stereocenters. The van der Waals surface area contributed by atoms with Crippen LogP contribution < -0.4 is 4.90 Å². The number of aromatic nitrogens is 3. The summed E-state index contributed by atoms with van der Waals surface area (Å²) in [5.74, 6) is 0.677. The number of nitrogens with zero attached hydrogens (tertiary/aromatic N) is 6. The first kappa shape index (κ1) is 23.0. The van der Waals surface area contributed by atoms with Crippen molar-refractivity contribution in [1.82, 2.24) is 19.7 Å². The second kappa shape index (κ2) is 9.61. The number of aliphatic imine (C=N–C) groups is 1. The Morgan fingerprint density at radius 1 is 1.26 bits per heavy atom. The van der Waals surface area contributed by atoms with Gasteiger partial charge in [0.2, 0.25) is 0 Å². The van der Waals surface area contributed by atoms with E-state index >= 15 is 0 Å². The number of rotatable bonds is 7. The van der Waals surface area contributed by atoms with E-state index in [4.69, 9.17) is 0 Å². The minimum atomic E-state index is -4.66. The van der Waals surface area contributed by atoms with Crippen LogP contribution in [0, 0.1) is 6.92 Å². The topological polar surface area (TPSA) is 69.8 Å². The van der Waals surface area contributed by atoms with E-state index in [1.54, 1.807) is 18.5 Å². The summed E-state index contributed by atoms with van der Waals surface area (Å²) in [6.45, 7) is 10.1. The van der Waals surface area contributed by atoms with E-state index in [0.717, 1.165) is 34.7 Å². The van der Waals surface area contributed by atoms with Gasteiger partial charge in [-0.1, -0.05) is 18.7 Å². The van der Waals surface area contributed by atoms with Gasteiger partial charge in [0.15, 0.2) is 11.9 Å². The summed E-state index contributed by atoms with van der Waals surface area (Å²) in [5.41, 5.74) is 2.67. The number of anilines is 1. The van der Waals surface area contributed by atoms with Crippen LogP contribution in [0.25, 0.3) is 0 Å². The first-order valence-corrected chi connectivity index (χ1v) is 10.1. The molecule has 7 nitrogen and oxygen atoms in total. The van der Waals surface area contributed by atoms with Crippen LogP contribution in [-0.4, -0.2) is 69.4 Å². The molecule has 10 heteroatoms. The summed E-state index contributed by atoms with van der Waals surface area (Å²) in [7, 11) is 0. The van der Waals surface area contributed by atoms with Crippen LogP contribution in [0.4, 0.5) is 24.7 Å². The fourth-order valence-corrected chi connectivity index (χ4v) is 3.47. The van der Waals surface area contributed by atoms with E-state index in [2.05, 4.69) is 38.4 Å². The molecule has 0 amide bonds. The molecule has 3 rings (SSSR count). The minimum Gasteiger partial charge on any atom is -0.382 e. The number of pyridine rings is 1. The van der Waals surface area contributed by atoms with Gasteiger partial charge in [0, 0.05) is 44.6 Å².